The van der Waals surface area contributed by atoms with Crippen molar-refractivity contribution in [2.24, 2.45) is 0 Å². The van der Waals surface area contributed by atoms with Gasteiger partial charge in [-0.15, -0.1) is 0 Å². The van der Waals surface area contributed by atoms with Gasteiger partial charge in [-0.3, -0.25) is 4.79 Å². The molecule has 0 unspecified atom stereocenters. The lowest BCUT2D eigenvalue weighted by Gasteiger charge is -2.23. The van der Waals surface area contributed by atoms with Crippen molar-refractivity contribution in [3.05, 3.63) is 24.3 Å². The number of anilines is 1. The number of hydrogen-bond donors (Lipinski definition) is 0. The summed E-state index contributed by atoms with van der Waals surface area (Å²) >= 11 is 0. The summed E-state index contributed by atoms with van der Waals surface area (Å²) in [6.45, 7) is 6.20. The van der Waals surface area contributed by atoms with Crippen LogP contribution in [0.4, 0.5) is 5.69 Å². The second-order valence-corrected chi connectivity index (χ2v) is 9.61. The smallest absolute Gasteiger partial charge is 0.243 e. The second-order valence-electron chi connectivity index (χ2n) is 7.67. The van der Waals surface area contributed by atoms with Crippen LogP contribution in [0, 0.1) is 0 Å². The zero-order valence-corrected chi connectivity index (χ0v) is 18.3. The fourth-order valence-corrected chi connectivity index (χ4v) is 5.17. The molecule has 0 aromatic heterocycles. The Bertz CT molecular complexity index is 689. The van der Waals surface area contributed by atoms with Crippen molar-refractivity contribution in [3.8, 4) is 0 Å². The zero-order valence-electron chi connectivity index (χ0n) is 17.5. The molecule has 1 saturated heterocycles. The van der Waals surface area contributed by atoms with E-state index in [2.05, 4.69) is 13.8 Å². The molecule has 0 bridgehead atoms. The Hall–Kier alpha value is -1.40. The summed E-state index contributed by atoms with van der Waals surface area (Å²) in [4.78, 5) is 14.0. The molecule has 5 nitrogen and oxygen atoms in total. The third-order valence-corrected chi connectivity index (χ3v) is 7.29. The Morgan fingerprint density at radius 1 is 0.893 bits per heavy atom. The summed E-state index contributed by atoms with van der Waals surface area (Å²) in [6, 6.07) is 6.84. The van der Waals surface area contributed by atoms with Gasteiger partial charge in [-0.05, 0) is 43.5 Å². The second kappa shape index (κ2) is 11.6. The molecule has 0 radical (unpaired) electrons. The SMILES string of the molecule is CCCCCCN(CCCCCC)S(=O)(=O)c1ccc(N2CCCC2=O)cc1. The Morgan fingerprint density at radius 3 is 1.93 bits per heavy atom. The van der Waals surface area contributed by atoms with Crippen LogP contribution in [0.25, 0.3) is 0 Å². The maximum atomic E-state index is 13.2. The molecule has 1 aromatic rings. The van der Waals surface area contributed by atoms with Crippen LogP contribution in [0.15, 0.2) is 29.2 Å². The summed E-state index contributed by atoms with van der Waals surface area (Å²) in [7, 11) is -3.50. The normalized spacial score (nSPS) is 15.0. The predicted molar refractivity (Wildman–Crippen MR) is 115 cm³/mol. The van der Waals surface area contributed by atoms with Gasteiger partial charge < -0.3 is 4.90 Å². The maximum Gasteiger partial charge on any atom is 0.243 e. The molecular weight excluding hydrogens is 372 g/mol. The fourth-order valence-electron chi connectivity index (χ4n) is 3.65. The number of unbranched alkanes of at least 4 members (excludes halogenated alkanes) is 6. The predicted octanol–water partition coefficient (Wildman–Crippen LogP) is 4.96. The molecule has 0 aliphatic carbocycles. The molecule has 1 amide bonds. The van der Waals surface area contributed by atoms with E-state index in [4.69, 9.17) is 0 Å². The van der Waals surface area contributed by atoms with E-state index in [0.29, 0.717) is 31.0 Å². The van der Waals surface area contributed by atoms with Crippen molar-refractivity contribution in [1.82, 2.24) is 4.31 Å². The molecule has 1 aromatic carbocycles. The summed E-state index contributed by atoms with van der Waals surface area (Å²) in [5.74, 6) is 0.115. The monoisotopic (exact) mass is 408 g/mol. The van der Waals surface area contributed by atoms with Gasteiger partial charge in [0.1, 0.15) is 0 Å². The molecule has 2 rings (SSSR count). The quantitative estimate of drug-likeness (QED) is 0.433. The van der Waals surface area contributed by atoms with Gasteiger partial charge in [0.15, 0.2) is 0 Å². The minimum Gasteiger partial charge on any atom is -0.312 e. The summed E-state index contributed by atoms with van der Waals surface area (Å²) < 4.78 is 28.1. The molecule has 6 heteroatoms. The summed E-state index contributed by atoms with van der Waals surface area (Å²) in [5, 5.41) is 0. The highest BCUT2D eigenvalue weighted by molar-refractivity contribution is 7.89. The lowest BCUT2D eigenvalue weighted by atomic mass is 10.2. The first-order valence-corrected chi connectivity index (χ1v) is 12.3. The average molecular weight is 409 g/mol. The average Bonchev–Trinajstić information content (AvgIpc) is 3.12. The van der Waals surface area contributed by atoms with Crippen LogP contribution in [0.3, 0.4) is 0 Å². The van der Waals surface area contributed by atoms with Gasteiger partial charge in [0.05, 0.1) is 4.90 Å². The van der Waals surface area contributed by atoms with Crippen molar-refractivity contribution in [1.29, 1.82) is 0 Å². The minimum atomic E-state index is -3.50. The molecule has 0 spiro atoms. The topological polar surface area (TPSA) is 57.7 Å². The van der Waals surface area contributed by atoms with Crippen LogP contribution in [-0.2, 0) is 14.8 Å². The van der Waals surface area contributed by atoms with Crippen LogP contribution in [0.5, 0.6) is 0 Å². The van der Waals surface area contributed by atoms with Gasteiger partial charge in [-0.2, -0.15) is 4.31 Å². The van der Waals surface area contributed by atoms with Crippen LogP contribution in [-0.4, -0.2) is 38.3 Å². The molecule has 0 saturated carbocycles. The third kappa shape index (κ3) is 6.31. The molecule has 1 aliphatic rings. The van der Waals surface area contributed by atoms with Crippen molar-refractivity contribution in [2.75, 3.05) is 24.5 Å². The van der Waals surface area contributed by atoms with Crippen molar-refractivity contribution in [2.45, 2.75) is 83.0 Å². The number of amides is 1. The van der Waals surface area contributed by atoms with Gasteiger partial charge in [0, 0.05) is 31.7 Å². The summed E-state index contributed by atoms with van der Waals surface area (Å²) in [6.07, 6.45) is 9.93. The van der Waals surface area contributed by atoms with Crippen LogP contribution in [0.2, 0.25) is 0 Å². The molecule has 1 aliphatic heterocycles. The molecule has 1 heterocycles. The van der Waals surface area contributed by atoms with Gasteiger partial charge in [0.25, 0.3) is 0 Å². The van der Waals surface area contributed by atoms with Crippen molar-refractivity contribution < 1.29 is 13.2 Å². The first kappa shape index (κ1) is 22.9. The van der Waals surface area contributed by atoms with E-state index in [-0.39, 0.29) is 5.91 Å². The number of carbonyl (C=O) groups is 1. The molecular formula is C22H36N2O3S. The van der Waals surface area contributed by atoms with Crippen LogP contribution in [0.1, 0.15) is 78.1 Å². The van der Waals surface area contributed by atoms with Gasteiger partial charge >= 0.3 is 0 Å². The van der Waals surface area contributed by atoms with E-state index in [1.54, 1.807) is 33.5 Å². The van der Waals surface area contributed by atoms with E-state index in [0.717, 1.165) is 63.5 Å². The van der Waals surface area contributed by atoms with Gasteiger partial charge in [-0.1, -0.05) is 52.4 Å². The Kier molecular flexibility index (Phi) is 9.45. The molecule has 0 N–H and O–H groups in total. The standard InChI is InChI=1S/C22H36N2O3S/c1-3-5-7-9-17-23(18-10-8-6-4-2)28(26,27)21-15-13-20(14-16-21)24-19-11-12-22(24)25/h13-16H,3-12,17-19H2,1-2H3. The Balaban J connectivity index is 2.08. The molecule has 1 fully saturated rings. The highest BCUT2D eigenvalue weighted by Crippen LogP contribution is 2.25. The van der Waals surface area contributed by atoms with E-state index >= 15 is 0 Å². The Labute approximate surface area is 171 Å². The molecule has 0 atom stereocenters. The lowest BCUT2D eigenvalue weighted by Crippen LogP contribution is -2.33. The number of rotatable bonds is 13. The van der Waals surface area contributed by atoms with E-state index in [9.17, 15) is 13.2 Å². The molecule has 28 heavy (non-hydrogen) atoms. The first-order valence-electron chi connectivity index (χ1n) is 10.9. The molecule has 158 valence electrons. The van der Waals surface area contributed by atoms with Crippen LogP contribution < -0.4 is 4.90 Å². The van der Waals surface area contributed by atoms with Gasteiger partial charge in [-0.25, -0.2) is 8.42 Å². The number of benzene rings is 1. The minimum absolute atomic E-state index is 0.115. The number of sulfonamides is 1. The Morgan fingerprint density at radius 2 is 1.46 bits per heavy atom. The van der Waals surface area contributed by atoms with Crippen LogP contribution >= 0.6 is 0 Å². The number of carbonyl (C=O) groups excluding carboxylic acids is 1. The lowest BCUT2D eigenvalue weighted by molar-refractivity contribution is -0.117. The third-order valence-electron chi connectivity index (χ3n) is 5.38. The highest BCUT2D eigenvalue weighted by Gasteiger charge is 2.25. The largest absolute Gasteiger partial charge is 0.312 e. The van der Waals surface area contributed by atoms with Gasteiger partial charge in [0.2, 0.25) is 15.9 Å². The number of nitrogens with zero attached hydrogens (tertiary/aromatic N) is 2. The van der Waals surface area contributed by atoms with Crippen molar-refractivity contribution >= 4 is 21.6 Å². The highest BCUT2D eigenvalue weighted by atomic mass is 32.2. The first-order chi connectivity index (χ1) is 13.5. The summed E-state index contributed by atoms with van der Waals surface area (Å²) in [5.41, 5.74) is 0.791. The van der Waals surface area contributed by atoms with E-state index in [1.165, 1.54) is 0 Å². The van der Waals surface area contributed by atoms with E-state index in [1.807, 2.05) is 0 Å². The number of hydrogen-bond acceptors (Lipinski definition) is 3. The zero-order chi connectivity index (χ0) is 20.4. The maximum absolute atomic E-state index is 13.2. The van der Waals surface area contributed by atoms with E-state index < -0.39 is 10.0 Å². The fraction of sp³-hybridized carbons (Fsp3) is 0.682. The van der Waals surface area contributed by atoms with Crippen molar-refractivity contribution in [3.63, 3.8) is 0 Å².